The van der Waals surface area contributed by atoms with Crippen molar-refractivity contribution in [2.24, 2.45) is 5.41 Å². The van der Waals surface area contributed by atoms with Crippen LogP contribution in [0.2, 0.25) is 0 Å². The average Bonchev–Trinajstić information content (AvgIpc) is 3.11. The fraction of sp³-hybridized carbons (Fsp3) is 0.379. The summed E-state index contributed by atoms with van der Waals surface area (Å²) in [5, 5.41) is 18.2. The number of fused-ring (bicyclic) bond motifs is 2. The number of hydrogen-bond donors (Lipinski definition) is 3. The van der Waals surface area contributed by atoms with Crippen LogP contribution in [0.3, 0.4) is 0 Å². The fourth-order valence-corrected chi connectivity index (χ4v) is 4.35. The first-order chi connectivity index (χ1) is 19.5. The summed E-state index contributed by atoms with van der Waals surface area (Å²) in [6.45, 7) is 6.27. The molecule has 0 atom stereocenters. The Labute approximate surface area is 238 Å². The molecule has 2 aromatic carbocycles. The minimum Gasteiger partial charge on any atom is -0.375 e. The molecular formula is C29H29F5N6O2. The maximum atomic E-state index is 15.3. The lowest BCUT2D eigenvalue weighted by Gasteiger charge is -2.31. The third kappa shape index (κ3) is 5.59. The quantitative estimate of drug-likeness (QED) is 0.170. The van der Waals surface area contributed by atoms with Gasteiger partial charge in [-0.15, -0.1) is 0 Å². The minimum atomic E-state index is -4.67. The number of carbonyl (C=O) groups is 1. The van der Waals surface area contributed by atoms with E-state index in [1.807, 2.05) is 5.32 Å². The number of benzene rings is 2. The first kappa shape index (κ1) is 30.6. The maximum absolute atomic E-state index is 15.3. The standard InChI is InChI=1S/C29H29F5N6O2/c1-16(35)40-21-10-9-19(30)23(31)22(21)24(37-26(40)36)39-13-14-42-15-18-17(7-6-8-20(18)39)11-12-27(2,3)25(41)38-28(4,5)29(32,33)34/h6-10,35-36H,13-15H2,1-5H3,(H,38,41). The molecule has 0 radical (unpaired) electrons. The Morgan fingerprint density at radius 1 is 1.12 bits per heavy atom. The van der Waals surface area contributed by atoms with Gasteiger partial charge in [0.25, 0.3) is 0 Å². The van der Waals surface area contributed by atoms with Crippen molar-refractivity contribution in [1.82, 2.24) is 14.9 Å². The van der Waals surface area contributed by atoms with E-state index in [9.17, 15) is 22.4 Å². The van der Waals surface area contributed by atoms with Crippen molar-refractivity contribution in [2.45, 2.75) is 52.9 Å². The van der Waals surface area contributed by atoms with Gasteiger partial charge < -0.3 is 15.0 Å². The van der Waals surface area contributed by atoms with E-state index in [0.717, 1.165) is 24.5 Å². The number of hydrogen-bond acceptors (Lipinski definition) is 6. The van der Waals surface area contributed by atoms with Gasteiger partial charge in [-0.1, -0.05) is 17.9 Å². The van der Waals surface area contributed by atoms with E-state index in [0.29, 0.717) is 16.8 Å². The number of carbonyl (C=O) groups excluding carboxylic acids is 1. The van der Waals surface area contributed by atoms with Crippen LogP contribution in [0.5, 0.6) is 0 Å². The molecule has 0 aliphatic carbocycles. The first-order valence-electron chi connectivity index (χ1n) is 12.9. The molecule has 13 heteroatoms. The van der Waals surface area contributed by atoms with E-state index < -0.39 is 34.7 Å². The highest BCUT2D eigenvalue weighted by Gasteiger charge is 2.49. The normalized spacial score (nSPS) is 14.1. The topological polar surface area (TPSA) is 107 Å². The minimum absolute atomic E-state index is 0.0549. The molecule has 0 saturated heterocycles. The third-order valence-electron chi connectivity index (χ3n) is 6.91. The van der Waals surface area contributed by atoms with Gasteiger partial charge >= 0.3 is 6.18 Å². The number of nitrogens with zero attached hydrogens (tertiary/aromatic N) is 3. The van der Waals surface area contributed by atoms with Crippen molar-refractivity contribution < 1.29 is 31.5 Å². The number of alkyl halides is 3. The van der Waals surface area contributed by atoms with Gasteiger partial charge in [0, 0.05) is 23.4 Å². The molecule has 2 heterocycles. The molecule has 1 aliphatic heterocycles. The van der Waals surface area contributed by atoms with Gasteiger partial charge in [0.15, 0.2) is 11.6 Å². The van der Waals surface area contributed by atoms with Crippen molar-refractivity contribution in [3.8, 4) is 11.8 Å². The SMILES string of the molecule is CC(=N)n1c(=N)nc(N2CCOCc3c(C#CC(C)(C)C(=O)NC(C)(C)C(F)(F)F)cccc32)c2c(F)c(F)ccc21. The number of amides is 1. The zero-order valence-corrected chi connectivity index (χ0v) is 23.6. The Hall–Kier alpha value is -4.31. The molecule has 3 N–H and O–H groups in total. The molecular weight excluding hydrogens is 559 g/mol. The molecule has 1 aliphatic rings. The summed E-state index contributed by atoms with van der Waals surface area (Å²) >= 11 is 0. The van der Waals surface area contributed by atoms with Gasteiger partial charge in [-0.25, -0.2) is 8.78 Å². The van der Waals surface area contributed by atoms with Crippen LogP contribution in [0.25, 0.3) is 10.9 Å². The molecule has 222 valence electrons. The molecule has 0 saturated carbocycles. The zero-order chi connectivity index (χ0) is 31.2. The molecule has 0 spiro atoms. The fourth-order valence-electron chi connectivity index (χ4n) is 4.35. The van der Waals surface area contributed by atoms with Crippen molar-refractivity contribution in [3.63, 3.8) is 0 Å². The largest absolute Gasteiger partial charge is 0.410 e. The van der Waals surface area contributed by atoms with E-state index in [4.69, 9.17) is 15.6 Å². The molecule has 0 bridgehead atoms. The highest BCUT2D eigenvalue weighted by molar-refractivity contribution is 5.98. The van der Waals surface area contributed by atoms with Crippen molar-refractivity contribution in [3.05, 3.63) is 58.7 Å². The van der Waals surface area contributed by atoms with E-state index >= 15 is 4.39 Å². The van der Waals surface area contributed by atoms with Crippen LogP contribution in [0.15, 0.2) is 30.3 Å². The number of anilines is 2. The van der Waals surface area contributed by atoms with E-state index in [2.05, 4.69) is 16.8 Å². The van der Waals surface area contributed by atoms with Crippen LogP contribution < -0.4 is 15.8 Å². The van der Waals surface area contributed by atoms with Gasteiger partial charge in [-0.3, -0.25) is 20.2 Å². The smallest absolute Gasteiger partial charge is 0.375 e. The summed E-state index contributed by atoms with van der Waals surface area (Å²) in [6, 6.07) is 7.18. The molecule has 1 amide bonds. The summed E-state index contributed by atoms with van der Waals surface area (Å²) in [5.41, 5.74) is -2.87. The van der Waals surface area contributed by atoms with E-state index in [1.54, 1.807) is 23.1 Å². The molecule has 0 unspecified atom stereocenters. The van der Waals surface area contributed by atoms with Crippen LogP contribution in [0.4, 0.5) is 33.5 Å². The lowest BCUT2D eigenvalue weighted by atomic mass is 9.90. The van der Waals surface area contributed by atoms with Gasteiger partial charge in [0.1, 0.15) is 22.6 Å². The van der Waals surface area contributed by atoms with Gasteiger partial charge in [-0.2, -0.15) is 18.2 Å². The van der Waals surface area contributed by atoms with E-state index in [-0.39, 0.29) is 47.9 Å². The third-order valence-corrected chi connectivity index (χ3v) is 6.91. The lowest BCUT2D eigenvalue weighted by molar-refractivity contribution is -0.189. The summed E-state index contributed by atoms with van der Waals surface area (Å²) in [5.74, 6) is 2.25. The molecule has 8 nitrogen and oxygen atoms in total. The number of aromatic nitrogens is 2. The molecule has 1 aromatic heterocycles. The van der Waals surface area contributed by atoms with Crippen molar-refractivity contribution in [1.29, 1.82) is 10.8 Å². The Morgan fingerprint density at radius 3 is 2.45 bits per heavy atom. The number of rotatable bonds is 3. The summed E-state index contributed by atoms with van der Waals surface area (Å²) in [7, 11) is 0. The molecule has 4 rings (SSSR count). The van der Waals surface area contributed by atoms with Crippen LogP contribution in [-0.4, -0.2) is 46.2 Å². The van der Waals surface area contributed by atoms with E-state index in [1.165, 1.54) is 26.8 Å². The molecule has 42 heavy (non-hydrogen) atoms. The Bertz CT molecular complexity index is 1720. The molecule has 0 fully saturated rings. The Kier molecular flexibility index (Phi) is 7.90. The summed E-state index contributed by atoms with van der Waals surface area (Å²) in [6.07, 6.45) is -4.67. The summed E-state index contributed by atoms with van der Waals surface area (Å²) < 4.78 is 76.6. The van der Waals surface area contributed by atoms with Crippen molar-refractivity contribution >= 4 is 34.2 Å². The predicted octanol–water partition coefficient (Wildman–Crippen LogP) is 5.14. The Balaban J connectivity index is 1.83. The van der Waals surface area contributed by atoms with Crippen LogP contribution >= 0.6 is 0 Å². The number of nitrogens with one attached hydrogen (secondary N) is 3. The van der Waals surface area contributed by atoms with Gasteiger partial charge in [-0.05, 0) is 58.9 Å². The van der Waals surface area contributed by atoms with Crippen LogP contribution in [0.1, 0.15) is 45.7 Å². The first-order valence-corrected chi connectivity index (χ1v) is 12.9. The Morgan fingerprint density at radius 2 is 1.81 bits per heavy atom. The van der Waals surface area contributed by atoms with Gasteiger partial charge in [0.05, 0.1) is 24.1 Å². The highest BCUT2D eigenvalue weighted by Crippen LogP contribution is 2.36. The highest BCUT2D eigenvalue weighted by atomic mass is 19.4. The average molecular weight is 589 g/mol. The zero-order valence-electron chi connectivity index (χ0n) is 23.6. The van der Waals surface area contributed by atoms with Crippen molar-refractivity contribution in [2.75, 3.05) is 18.1 Å². The number of ether oxygens (including phenoxy) is 1. The predicted molar refractivity (Wildman–Crippen MR) is 146 cm³/mol. The number of halogens is 5. The lowest BCUT2D eigenvalue weighted by Crippen LogP contribution is -2.56. The van der Waals surface area contributed by atoms with Crippen LogP contribution in [-0.2, 0) is 16.1 Å². The summed E-state index contributed by atoms with van der Waals surface area (Å²) in [4.78, 5) is 18.6. The monoisotopic (exact) mass is 588 g/mol. The van der Waals surface area contributed by atoms with Crippen LogP contribution in [0, 0.1) is 39.7 Å². The second kappa shape index (κ2) is 10.8. The maximum Gasteiger partial charge on any atom is 0.410 e. The second-order valence-corrected chi connectivity index (χ2v) is 10.9. The van der Waals surface area contributed by atoms with Gasteiger partial charge in [0.2, 0.25) is 11.5 Å². The molecule has 3 aromatic rings. The second-order valence-electron chi connectivity index (χ2n) is 10.9.